The second-order valence-electron chi connectivity index (χ2n) is 5.97. The zero-order chi connectivity index (χ0) is 14.6. The lowest BCUT2D eigenvalue weighted by Crippen LogP contribution is -2.57. The minimum Gasteiger partial charge on any atom is -0.481 e. The lowest BCUT2D eigenvalue weighted by atomic mass is 9.79. The molecule has 0 aromatic carbocycles. The lowest BCUT2D eigenvalue weighted by molar-refractivity contribution is -0.145. The van der Waals surface area contributed by atoms with E-state index in [2.05, 4.69) is 5.32 Å². The predicted octanol–water partition coefficient (Wildman–Crippen LogP) is 0.501. The van der Waals surface area contributed by atoms with Crippen molar-refractivity contribution in [2.75, 3.05) is 19.8 Å². The first kappa shape index (κ1) is 15.3. The van der Waals surface area contributed by atoms with Gasteiger partial charge in [-0.15, -0.1) is 0 Å². The van der Waals surface area contributed by atoms with Gasteiger partial charge in [-0.25, -0.2) is 0 Å². The monoisotopic (exact) mass is 284 g/mol. The van der Waals surface area contributed by atoms with Crippen LogP contribution in [0.4, 0.5) is 0 Å². The van der Waals surface area contributed by atoms with Gasteiger partial charge in [-0.3, -0.25) is 9.59 Å². The van der Waals surface area contributed by atoms with Crippen molar-refractivity contribution in [1.29, 1.82) is 0 Å². The Kier molecular flexibility index (Phi) is 4.99. The third kappa shape index (κ3) is 3.49. The molecule has 6 heteroatoms. The molecule has 2 aliphatic rings. The number of carboxylic acid groups (broad SMARTS) is 1. The van der Waals surface area contributed by atoms with E-state index in [1.54, 1.807) is 0 Å². The largest absolute Gasteiger partial charge is 0.481 e. The van der Waals surface area contributed by atoms with Crippen molar-refractivity contribution in [1.82, 2.24) is 5.32 Å². The number of hydrogen-bond acceptors (Lipinski definition) is 4. The zero-order valence-electron chi connectivity index (χ0n) is 11.8. The quantitative estimate of drug-likeness (QED) is 0.698. The molecule has 0 aromatic rings. The van der Waals surface area contributed by atoms with Crippen LogP contribution in [-0.2, 0) is 14.3 Å². The van der Waals surface area contributed by atoms with E-state index in [0.717, 1.165) is 19.3 Å². The Morgan fingerprint density at radius 1 is 1.25 bits per heavy atom. The van der Waals surface area contributed by atoms with Gasteiger partial charge in [-0.1, -0.05) is 12.8 Å². The van der Waals surface area contributed by atoms with Gasteiger partial charge in [0.25, 0.3) is 0 Å². The maximum atomic E-state index is 12.2. The van der Waals surface area contributed by atoms with Crippen LogP contribution >= 0.6 is 0 Å². The van der Waals surface area contributed by atoms with Crippen LogP contribution in [0.5, 0.6) is 0 Å². The summed E-state index contributed by atoms with van der Waals surface area (Å²) in [5.74, 6) is -1.24. The Morgan fingerprint density at radius 3 is 2.55 bits per heavy atom. The van der Waals surface area contributed by atoms with Gasteiger partial charge in [0.05, 0.1) is 11.5 Å². The normalized spacial score (nSPS) is 29.6. The van der Waals surface area contributed by atoms with E-state index in [4.69, 9.17) is 10.5 Å². The summed E-state index contributed by atoms with van der Waals surface area (Å²) in [6.45, 7) is 1.42. The van der Waals surface area contributed by atoms with E-state index < -0.39 is 11.5 Å². The highest BCUT2D eigenvalue weighted by Crippen LogP contribution is 2.30. The standard InChI is InChI=1S/C14H24N2O4/c15-14(5-7-20-8-6-14)13(19)16-9-10-3-1-2-4-11(10)12(17)18/h10-11H,1-9,15H2,(H,16,19)(H,17,18). The van der Waals surface area contributed by atoms with E-state index >= 15 is 0 Å². The molecular weight excluding hydrogens is 260 g/mol. The number of rotatable bonds is 4. The SMILES string of the molecule is NC1(C(=O)NCC2CCCCC2C(=O)O)CCOCC1. The van der Waals surface area contributed by atoms with Gasteiger partial charge in [-0.2, -0.15) is 0 Å². The third-order valence-electron chi connectivity index (χ3n) is 4.59. The van der Waals surface area contributed by atoms with Crippen molar-refractivity contribution in [3.8, 4) is 0 Å². The lowest BCUT2D eigenvalue weighted by Gasteiger charge is -2.34. The number of nitrogens with two attached hydrogens (primary N) is 1. The minimum absolute atomic E-state index is 0.0219. The molecule has 2 atom stereocenters. The van der Waals surface area contributed by atoms with Crippen LogP contribution in [0.1, 0.15) is 38.5 Å². The van der Waals surface area contributed by atoms with E-state index in [-0.39, 0.29) is 17.7 Å². The van der Waals surface area contributed by atoms with Crippen molar-refractivity contribution in [2.45, 2.75) is 44.1 Å². The van der Waals surface area contributed by atoms with Crippen LogP contribution in [-0.4, -0.2) is 42.3 Å². The van der Waals surface area contributed by atoms with Gasteiger partial charge in [0.15, 0.2) is 0 Å². The number of carbonyl (C=O) groups is 2. The summed E-state index contributed by atoms with van der Waals surface area (Å²) in [4.78, 5) is 23.4. The fourth-order valence-electron chi connectivity index (χ4n) is 3.14. The summed E-state index contributed by atoms with van der Waals surface area (Å²) in [7, 11) is 0. The van der Waals surface area contributed by atoms with Gasteiger partial charge in [0, 0.05) is 19.8 Å². The number of aliphatic carboxylic acids is 1. The Labute approximate surface area is 119 Å². The number of amides is 1. The second kappa shape index (κ2) is 6.54. The topological polar surface area (TPSA) is 102 Å². The molecule has 1 saturated heterocycles. The molecule has 1 aliphatic carbocycles. The first-order valence-corrected chi connectivity index (χ1v) is 7.41. The molecule has 20 heavy (non-hydrogen) atoms. The highest BCUT2D eigenvalue weighted by Gasteiger charge is 2.37. The molecule has 0 radical (unpaired) electrons. The molecule has 0 aromatic heterocycles. The molecule has 2 fully saturated rings. The van der Waals surface area contributed by atoms with Gasteiger partial charge in [-0.05, 0) is 31.6 Å². The molecular formula is C14H24N2O4. The van der Waals surface area contributed by atoms with Gasteiger partial charge >= 0.3 is 5.97 Å². The van der Waals surface area contributed by atoms with Crippen LogP contribution in [0, 0.1) is 11.8 Å². The van der Waals surface area contributed by atoms with E-state index in [1.807, 2.05) is 0 Å². The summed E-state index contributed by atoms with van der Waals surface area (Å²) >= 11 is 0. The summed E-state index contributed by atoms with van der Waals surface area (Å²) in [5.41, 5.74) is 5.25. The van der Waals surface area contributed by atoms with Crippen molar-refractivity contribution in [3.05, 3.63) is 0 Å². The molecule has 0 bridgehead atoms. The highest BCUT2D eigenvalue weighted by atomic mass is 16.5. The highest BCUT2D eigenvalue weighted by molar-refractivity contribution is 5.86. The van der Waals surface area contributed by atoms with Gasteiger partial charge in [0.1, 0.15) is 0 Å². The number of ether oxygens (including phenoxy) is 1. The molecule has 2 unspecified atom stereocenters. The van der Waals surface area contributed by atoms with Crippen LogP contribution in [0.2, 0.25) is 0 Å². The Balaban J connectivity index is 1.86. The Bertz CT molecular complexity index is 366. The summed E-state index contributed by atoms with van der Waals surface area (Å²) in [6.07, 6.45) is 4.60. The maximum Gasteiger partial charge on any atom is 0.306 e. The fraction of sp³-hybridized carbons (Fsp3) is 0.857. The molecule has 1 amide bonds. The minimum atomic E-state index is -0.856. The number of carbonyl (C=O) groups excluding carboxylic acids is 1. The molecule has 4 N–H and O–H groups in total. The van der Waals surface area contributed by atoms with Crippen molar-refractivity contribution in [2.24, 2.45) is 17.6 Å². The molecule has 1 saturated carbocycles. The van der Waals surface area contributed by atoms with Crippen LogP contribution in [0.25, 0.3) is 0 Å². The first-order chi connectivity index (χ1) is 9.53. The average Bonchev–Trinajstić information content (AvgIpc) is 2.45. The Hall–Kier alpha value is -1.14. The van der Waals surface area contributed by atoms with Crippen LogP contribution < -0.4 is 11.1 Å². The Morgan fingerprint density at radius 2 is 1.90 bits per heavy atom. The molecule has 114 valence electrons. The van der Waals surface area contributed by atoms with Crippen LogP contribution in [0.15, 0.2) is 0 Å². The second-order valence-corrected chi connectivity index (χ2v) is 5.97. The van der Waals surface area contributed by atoms with Gasteiger partial charge < -0.3 is 20.9 Å². The number of hydrogen-bond donors (Lipinski definition) is 3. The van der Waals surface area contributed by atoms with E-state index in [0.29, 0.717) is 39.0 Å². The van der Waals surface area contributed by atoms with E-state index in [9.17, 15) is 14.7 Å². The first-order valence-electron chi connectivity index (χ1n) is 7.41. The molecule has 0 spiro atoms. The molecule has 2 rings (SSSR count). The molecule has 1 heterocycles. The predicted molar refractivity (Wildman–Crippen MR) is 73.1 cm³/mol. The summed E-state index contributed by atoms with van der Waals surface area (Å²) < 4.78 is 5.22. The fourth-order valence-corrected chi connectivity index (χ4v) is 3.14. The number of nitrogens with one attached hydrogen (secondary N) is 1. The van der Waals surface area contributed by atoms with Crippen molar-refractivity contribution in [3.63, 3.8) is 0 Å². The van der Waals surface area contributed by atoms with Gasteiger partial charge in [0.2, 0.25) is 5.91 Å². The van der Waals surface area contributed by atoms with Crippen LogP contribution in [0.3, 0.4) is 0 Å². The smallest absolute Gasteiger partial charge is 0.306 e. The van der Waals surface area contributed by atoms with Crippen molar-refractivity contribution >= 4 is 11.9 Å². The molecule has 1 aliphatic heterocycles. The van der Waals surface area contributed by atoms with E-state index in [1.165, 1.54) is 0 Å². The zero-order valence-corrected chi connectivity index (χ0v) is 11.8. The maximum absolute atomic E-state index is 12.2. The van der Waals surface area contributed by atoms with Crippen molar-refractivity contribution < 1.29 is 19.4 Å². The summed E-state index contributed by atoms with van der Waals surface area (Å²) in [6, 6.07) is 0. The summed E-state index contributed by atoms with van der Waals surface area (Å²) in [5, 5.41) is 12.1. The third-order valence-corrected chi connectivity index (χ3v) is 4.59. The average molecular weight is 284 g/mol. The number of carboxylic acids is 1. The molecule has 6 nitrogen and oxygen atoms in total.